The summed E-state index contributed by atoms with van der Waals surface area (Å²) in [6.45, 7) is 0. The Morgan fingerprint density at radius 1 is 1.47 bits per heavy atom. The van der Waals surface area contributed by atoms with Crippen LogP contribution in [0.2, 0.25) is 0 Å². The predicted octanol–water partition coefficient (Wildman–Crippen LogP) is 1.63. The Morgan fingerprint density at radius 3 is 3.00 bits per heavy atom. The van der Waals surface area contributed by atoms with Crippen LogP contribution >= 0.6 is 0 Å². The van der Waals surface area contributed by atoms with Gasteiger partial charge in [0.2, 0.25) is 0 Å². The molecule has 0 aliphatic heterocycles. The van der Waals surface area contributed by atoms with Crippen LogP contribution in [0.1, 0.15) is 12.0 Å². The number of carbonyl (C=O) groups is 1. The van der Waals surface area contributed by atoms with Gasteiger partial charge in [0.05, 0.1) is 19.6 Å². The van der Waals surface area contributed by atoms with E-state index in [2.05, 4.69) is 9.72 Å². The van der Waals surface area contributed by atoms with Crippen LogP contribution in [0, 0.1) is 0 Å². The molecule has 1 unspecified atom stereocenters. The third-order valence-corrected chi connectivity index (χ3v) is 2.76. The minimum Gasteiger partial charge on any atom is -0.469 e. The van der Waals surface area contributed by atoms with Gasteiger partial charge in [-0.05, 0) is 11.6 Å². The maximum absolute atomic E-state index is 11.0. The molecular weight excluding hydrogens is 218 g/mol. The van der Waals surface area contributed by atoms with E-state index in [4.69, 9.17) is 0 Å². The van der Waals surface area contributed by atoms with Crippen molar-refractivity contribution in [3.8, 4) is 0 Å². The summed E-state index contributed by atoms with van der Waals surface area (Å²) >= 11 is 0. The minimum atomic E-state index is -0.707. The Balaban J connectivity index is 2.10. The molecule has 0 saturated carbocycles. The number of fused-ring (bicyclic) bond motifs is 1. The molecule has 4 nitrogen and oxygen atoms in total. The van der Waals surface area contributed by atoms with Crippen molar-refractivity contribution < 1.29 is 14.6 Å². The van der Waals surface area contributed by atoms with E-state index in [1.807, 2.05) is 30.5 Å². The highest BCUT2D eigenvalue weighted by Crippen LogP contribution is 2.19. The SMILES string of the molecule is COC(=O)CC(O)Cc1c[nH]c2ccccc12. The van der Waals surface area contributed by atoms with E-state index in [1.165, 1.54) is 7.11 Å². The largest absolute Gasteiger partial charge is 0.469 e. The van der Waals surface area contributed by atoms with Gasteiger partial charge in [0.15, 0.2) is 0 Å². The number of rotatable bonds is 4. The van der Waals surface area contributed by atoms with Crippen molar-refractivity contribution >= 4 is 16.9 Å². The van der Waals surface area contributed by atoms with E-state index in [0.717, 1.165) is 16.5 Å². The second kappa shape index (κ2) is 5.01. The quantitative estimate of drug-likeness (QED) is 0.789. The molecule has 1 heterocycles. The molecule has 2 rings (SSSR count). The van der Waals surface area contributed by atoms with Crippen molar-refractivity contribution in [2.24, 2.45) is 0 Å². The second-order valence-corrected chi connectivity index (χ2v) is 4.00. The second-order valence-electron chi connectivity index (χ2n) is 4.00. The molecule has 0 saturated heterocycles. The molecule has 2 N–H and O–H groups in total. The van der Waals surface area contributed by atoms with Crippen LogP contribution in [-0.4, -0.2) is 29.3 Å². The Hall–Kier alpha value is -1.81. The van der Waals surface area contributed by atoms with Crippen LogP contribution in [0.5, 0.6) is 0 Å². The molecule has 0 bridgehead atoms. The number of ether oxygens (including phenoxy) is 1. The third kappa shape index (κ3) is 2.65. The smallest absolute Gasteiger partial charge is 0.308 e. The molecule has 17 heavy (non-hydrogen) atoms. The number of benzene rings is 1. The lowest BCUT2D eigenvalue weighted by Crippen LogP contribution is -2.16. The Bertz CT molecular complexity index is 518. The van der Waals surface area contributed by atoms with Crippen LogP contribution in [0.25, 0.3) is 10.9 Å². The fourth-order valence-corrected chi connectivity index (χ4v) is 1.90. The zero-order valence-electron chi connectivity index (χ0n) is 9.64. The van der Waals surface area contributed by atoms with Gasteiger partial charge in [0, 0.05) is 23.5 Å². The Morgan fingerprint density at radius 2 is 2.24 bits per heavy atom. The highest BCUT2D eigenvalue weighted by Gasteiger charge is 2.13. The van der Waals surface area contributed by atoms with Crippen molar-refractivity contribution in [1.29, 1.82) is 0 Å². The van der Waals surface area contributed by atoms with Crippen molar-refractivity contribution in [2.75, 3.05) is 7.11 Å². The number of H-pyrrole nitrogens is 1. The van der Waals surface area contributed by atoms with Crippen LogP contribution < -0.4 is 0 Å². The fraction of sp³-hybridized carbons (Fsp3) is 0.308. The normalized spacial score (nSPS) is 12.6. The number of methoxy groups -OCH3 is 1. The lowest BCUT2D eigenvalue weighted by molar-refractivity contribution is -0.142. The average molecular weight is 233 g/mol. The molecule has 1 aromatic heterocycles. The predicted molar refractivity (Wildman–Crippen MR) is 64.6 cm³/mol. The van der Waals surface area contributed by atoms with Gasteiger partial charge in [-0.15, -0.1) is 0 Å². The molecule has 0 spiro atoms. The van der Waals surface area contributed by atoms with Crippen LogP contribution in [0.4, 0.5) is 0 Å². The van der Waals surface area contributed by atoms with Crippen molar-refractivity contribution in [2.45, 2.75) is 18.9 Å². The van der Waals surface area contributed by atoms with Gasteiger partial charge >= 0.3 is 5.97 Å². The van der Waals surface area contributed by atoms with E-state index in [9.17, 15) is 9.90 Å². The maximum atomic E-state index is 11.0. The van der Waals surface area contributed by atoms with Crippen LogP contribution in [0.3, 0.4) is 0 Å². The van der Waals surface area contributed by atoms with Crippen molar-refractivity contribution in [1.82, 2.24) is 4.98 Å². The molecular formula is C13H15NO3. The first-order chi connectivity index (χ1) is 8.20. The first-order valence-corrected chi connectivity index (χ1v) is 5.50. The number of hydrogen-bond donors (Lipinski definition) is 2. The third-order valence-electron chi connectivity index (χ3n) is 2.76. The summed E-state index contributed by atoms with van der Waals surface area (Å²) in [4.78, 5) is 14.2. The fourth-order valence-electron chi connectivity index (χ4n) is 1.90. The number of aliphatic hydroxyl groups excluding tert-OH is 1. The van der Waals surface area contributed by atoms with Crippen LogP contribution in [-0.2, 0) is 16.0 Å². The van der Waals surface area contributed by atoms with Gasteiger partial charge in [-0.25, -0.2) is 0 Å². The van der Waals surface area contributed by atoms with E-state index >= 15 is 0 Å². The summed E-state index contributed by atoms with van der Waals surface area (Å²) in [5.74, 6) is -0.391. The van der Waals surface area contributed by atoms with Gasteiger partial charge in [-0.1, -0.05) is 18.2 Å². The van der Waals surface area contributed by atoms with E-state index < -0.39 is 12.1 Å². The molecule has 0 fully saturated rings. The molecule has 1 aromatic carbocycles. The Labute approximate surface area is 99.2 Å². The van der Waals surface area contributed by atoms with E-state index in [1.54, 1.807) is 0 Å². The molecule has 0 aliphatic carbocycles. The van der Waals surface area contributed by atoms with Gasteiger partial charge in [-0.3, -0.25) is 4.79 Å². The summed E-state index contributed by atoms with van der Waals surface area (Å²) in [7, 11) is 1.32. The molecule has 90 valence electrons. The van der Waals surface area contributed by atoms with Gasteiger partial charge < -0.3 is 14.8 Å². The number of carbonyl (C=O) groups excluding carboxylic acids is 1. The zero-order chi connectivity index (χ0) is 12.3. The molecule has 0 amide bonds. The number of aromatic nitrogens is 1. The number of esters is 1. The van der Waals surface area contributed by atoms with Crippen molar-refractivity contribution in [3.63, 3.8) is 0 Å². The minimum absolute atomic E-state index is 0.0238. The highest BCUT2D eigenvalue weighted by molar-refractivity contribution is 5.83. The highest BCUT2D eigenvalue weighted by atomic mass is 16.5. The number of hydrogen-bond acceptors (Lipinski definition) is 3. The summed E-state index contributed by atoms with van der Waals surface area (Å²) in [5, 5.41) is 10.8. The monoisotopic (exact) mass is 233 g/mol. The Kier molecular flexibility index (Phi) is 3.44. The number of para-hydroxylation sites is 1. The molecule has 0 radical (unpaired) electrons. The first-order valence-electron chi connectivity index (χ1n) is 5.50. The average Bonchev–Trinajstić information content (AvgIpc) is 2.72. The van der Waals surface area contributed by atoms with Gasteiger partial charge in [-0.2, -0.15) is 0 Å². The standard InChI is InChI=1S/C13H15NO3/c1-17-13(16)7-10(15)6-9-8-14-12-5-3-2-4-11(9)12/h2-5,8,10,14-15H,6-7H2,1H3. The van der Waals surface area contributed by atoms with Crippen molar-refractivity contribution in [3.05, 3.63) is 36.0 Å². The molecule has 1 atom stereocenters. The van der Waals surface area contributed by atoms with Gasteiger partial charge in [0.25, 0.3) is 0 Å². The molecule has 2 aromatic rings. The lowest BCUT2D eigenvalue weighted by Gasteiger charge is -2.08. The summed E-state index contributed by atoms with van der Waals surface area (Å²) < 4.78 is 4.52. The van der Waals surface area contributed by atoms with E-state index in [-0.39, 0.29) is 6.42 Å². The molecule has 0 aliphatic rings. The zero-order valence-corrected chi connectivity index (χ0v) is 9.64. The number of nitrogens with one attached hydrogen (secondary N) is 1. The maximum Gasteiger partial charge on any atom is 0.308 e. The summed E-state index contributed by atoms with van der Waals surface area (Å²) in [6, 6.07) is 7.87. The summed E-state index contributed by atoms with van der Waals surface area (Å²) in [6.07, 6.45) is 1.63. The lowest BCUT2D eigenvalue weighted by atomic mass is 10.1. The summed E-state index contributed by atoms with van der Waals surface area (Å²) in [5.41, 5.74) is 2.05. The van der Waals surface area contributed by atoms with Crippen LogP contribution in [0.15, 0.2) is 30.5 Å². The first kappa shape index (κ1) is 11.7. The molecule has 4 heteroatoms. The van der Waals surface area contributed by atoms with Gasteiger partial charge in [0.1, 0.15) is 0 Å². The topological polar surface area (TPSA) is 62.3 Å². The number of aromatic amines is 1. The number of aliphatic hydroxyl groups is 1. The van der Waals surface area contributed by atoms with E-state index in [0.29, 0.717) is 6.42 Å².